The largest absolute Gasteiger partial charge is 0.450 e. The third-order valence-electron chi connectivity index (χ3n) is 0.699. The highest BCUT2D eigenvalue weighted by molar-refractivity contribution is 6.61. The highest BCUT2D eigenvalue weighted by atomic mass is 35.5. The van der Waals surface area contributed by atoms with Gasteiger partial charge in [0.25, 0.3) is 0 Å². The number of halogens is 1. The molecule has 0 aliphatic carbocycles. The second-order valence-electron chi connectivity index (χ2n) is 1.57. The van der Waals surface area contributed by atoms with Gasteiger partial charge in [0.05, 0.1) is 0 Å². The Bertz CT molecular complexity index is 136. The Morgan fingerprint density at radius 2 is 2.56 bits per heavy atom. The van der Waals surface area contributed by atoms with Gasteiger partial charge in [-0.15, -0.1) is 12.3 Å². The topological polar surface area (TPSA) is 26.3 Å². The summed E-state index contributed by atoms with van der Waals surface area (Å²) in [6.07, 6.45) is 5.04. The molecule has 0 rings (SSSR count). The first-order valence-corrected chi connectivity index (χ1v) is 2.84. The molecule has 0 fully saturated rings. The van der Waals surface area contributed by atoms with Gasteiger partial charge in [-0.3, -0.25) is 0 Å². The van der Waals surface area contributed by atoms with E-state index < -0.39 is 5.43 Å². The van der Waals surface area contributed by atoms with Gasteiger partial charge in [-0.1, -0.05) is 0 Å². The Labute approximate surface area is 59.1 Å². The van der Waals surface area contributed by atoms with Crippen molar-refractivity contribution >= 4 is 17.0 Å². The summed E-state index contributed by atoms with van der Waals surface area (Å²) in [6, 6.07) is 0. The van der Waals surface area contributed by atoms with Gasteiger partial charge in [-0.25, -0.2) is 4.79 Å². The molecule has 0 amide bonds. The summed E-state index contributed by atoms with van der Waals surface area (Å²) in [5.74, 6) is 2.34. The maximum absolute atomic E-state index is 10.0. The highest BCUT2D eigenvalue weighted by Crippen LogP contribution is 1.98. The standard InChI is InChI=1S/C6H7ClO2/c1-3-4-5(2)9-6(7)8/h1,5H,4H2,2H3. The van der Waals surface area contributed by atoms with Gasteiger partial charge in [0.2, 0.25) is 0 Å². The summed E-state index contributed by atoms with van der Waals surface area (Å²) in [4.78, 5) is 10.0. The average molecular weight is 147 g/mol. The molecule has 0 aliphatic rings. The fourth-order valence-electron chi connectivity index (χ4n) is 0.366. The molecule has 1 atom stereocenters. The van der Waals surface area contributed by atoms with Crippen LogP contribution in [0.15, 0.2) is 0 Å². The smallest absolute Gasteiger partial charge is 0.404 e. The Morgan fingerprint density at radius 1 is 2.00 bits per heavy atom. The lowest BCUT2D eigenvalue weighted by molar-refractivity contribution is 0.134. The fraction of sp³-hybridized carbons (Fsp3) is 0.500. The van der Waals surface area contributed by atoms with Crippen molar-refractivity contribution in [3.05, 3.63) is 0 Å². The van der Waals surface area contributed by atoms with Crippen LogP contribution in [-0.4, -0.2) is 11.5 Å². The minimum Gasteiger partial charge on any atom is -0.450 e. The van der Waals surface area contributed by atoms with Gasteiger partial charge in [-0.05, 0) is 6.92 Å². The molecule has 0 heterocycles. The first-order chi connectivity index (χ1) is 4.16. The zero-order valence-corrected chi connectivity index (χ0v) is 5.81. The normalized spacial score (nSPS) is 11.7. The molecular weight excluding hydrogens is 140 g/mol. The molecule has 50 valence electrons. The highest BCUT2D eigenvalue weighted by Gasteiger charge is 2.02. The quantitative estimate of drug-likeness (QED) is 0.439. The molecule has 0 N–H and O–H groups in total. The van der Waals surface area contributed by atoms with Gasteiger partial charge in [0, 0.05) is 18.0 Å². The zero-order chi connectivity index (χ0) is 7.28. The predicted octanol–water partition coefficient (Wildman–Crippen LogP) is 1.77. The summed E-state index contributed by atoms with van der Waals surface area (Å²) in [6.45, 7) is 1.68. The minimum atomic E-state index is -0.808. The van der Waals surface area contributed by atoms with E-state index in [4.69, 9.17) is 18.0 Å². The summed E-state index contributed by atoms with van der Waals surface area (Å²) < 4.78 is 4.47. The van der Waals surface area contributed by atoms with E-state index in [9.17, 15) is 4.79 Å². The fourth-order valence-corrected chi connectivity index (χ4v) is 0.518. The second kappa shape index (κ2) is 4.22. The van der Waals surface area contributed by atoms with Crippen molar-refractivity contribution < 1.29 is 9.53 Å². The van der Waals surface area contributed by atoms with Crippen molar-refractivity contribution in [2.75, 3.05) is 0 Å². The Balaban J connectivity index is 3.40. The van der Waals surface area contributed by atoms with Gasteiger partial charge in [0.15, 0.2) is 0 Å². The molecule has 0 radical (unpaired) electrons. The molecule has 0 aromatic carbocycles. The first-order valence-electron chi connectivity index (χ1n) is 2.46. The van der Waals surface area contributed by atoms with E-state index in [1.165, 1.54) is 0 Å². The van der Waals surface area contributed by atoms with E-state index in [1.807, 2.05) is 0 Å². The number of terminal acetylenes is 1. The Hall–Kier alpha value is -0.680. The molecular formula is C6H7ClO2. The molecule has 1 unspecified atom stereocenters. The van der Waals surface area contributed by atoms with Crippen molar-refractivity contribution in [1.82, 2.24) is 0 Å². The van der Waals surface area contributed by atoms with Crippen LogP contribution in [0.4, 0.5) is 4.79 Å². The Kier molecular flexibility index (Phi) is 3.90. The lowest BCUT2D eigenvalue weighted by Gasteiger charge is -2.04. The molecule has 2 nitrogen and oxygen atoms in total. The van der Waals surface area contributed by atoms with Crippen LogP contribution in [0.2, 0.25) is 0 Å². The number of carbonyl (C=O) groups is 1. The van der Waals surface area contributed by atoms with Crippen molar-refractivity contribution in [3.63, 3.8) is 0 Å². The van der Waals surface area contributed by atoms with Crippen LogP contribution in [0, 0.1) is 12.3 Å². The molecule has 9 heavy (non-hydrogen) atoms. The van der Waals surface area contributed by atoms with Crippen molar-refractivity contribution in [2.24, 2.45) is 0 Å². The van der Waals surface area contributed by atoms with Gasteiger partial charge in [-0.2, -0.15) is 0 Å². The van der Waals surface area contributed by atoms with E-state index in [0.717, 1.165) is 0 Å². The van der Waals surface area contributed by atoms with E-state index in [-0.39, 0.29) is 6.10 Å². The van der Waals surface area contributed by atoms with Crippen LogP contribution in [0.25, 0.3) is 0 Å². The monoisotopic (exact) mass is 146 g/mol. The SMILES string of the molecule is C#CCC(C)OC(=O)Cl. The Morgan fingerprint density at radius 3 is 2.89 bits per heavy atom. The van der Waals surface area contributed by atoms with E-state index >= 15 is 0 Å². The van der Waals surface area contributed by atoms with E-state index in [0.29, 0.717) is 6.42 Å². The molecule has 0 aliphatic heterocycles. The number of carbonyl (C=O) groups excluding carboxylic acids is 1. The van der Waals surface area contributed by atoms with Crippen LogP contribution in [0.5, 0.6) is 0 Å². The minimum absolute atomic E-state index is 0.278. The van der Waals surface area contributed by atoms with Gasteiger partial charge in [0.1, 0.15) is 6.10 Å². The van der Waals surface area contributed by atoms with Crippen LogP contribution in [0.3, 0.4) is 0 Å². The number of ether oxygens (including phenoxy) is 1. The lowest BCUT2D eigenvalue weighted by Crippen LogP contribution is -2.08. The summed E-state index contributed by atoms with van der Waals surface area (Å²) in [7, 11) is 0. The second-order valence-corrected chi connectivity index (χ2v) is 1.88. The van der Waals surface area contributed by atoms with Crippen molar-refractivity contribution in [3.8, 4) is 12.3 Å². The molecule has 0 saturated heterocycles. The van der Waals surface area contributed by atoms with Crippen LogP contribution in [-0.2, 0) is 4.74 Å². The molecule has 0 aromatic heterocycles. The molecule has 0 bridgehead atoms. The van der Waals surface area contributed by atoms with Crippen LogP contribution < -0.4 is 0 Å². The van der Waals surface area contributed by atoms with Crippen molar-refractivity contribution in [1.29, 1.82) is 0 Å². The summed E-state index contributed by atoms with van der Waals surface area (Å²) >= 11 is 4.88. The number of hydrogen-bond acceptors (Lipinski definition) is 2. The third-order valence-corrected chi connectivity index (χ3v) is 0.788. The van der Waals surface area contributed by atoms with Crippen molar-refractivity contribution in [2.45, 2.75) is 19.4 Å². The molecule has 0 spiro atoms. The third kappa shape index (κ3) is 5.19. The summed E-state index contributed by atoms with van der Waals surface area (Å²) in [5.41, 5.74) is -0.808. The van der Waals surface area contributed by atoms with Crippen LogP contribution >= 0.6 is 11.6 Å². The predicted molar refractivity (Wildman–Crippen MR) is 35.2 cm³/mol. The van der Waals surface area contributed by atoms with E-state index in [1.54, 1.807) is 6.92 Å². The number of rotatable bonds is 2. The van der Waals surface area contributed by atoms with Crippen LogP contribution in [0.1, 0.15) is 13.3 Å². The average Bonchev–Trinajstić information content (AvgIpc) is 1.63. The molecule has 0 aromatic rings. The van der Waals surface area contributed by atoms with Gasteiger partial charge < -0.3 is 4.74 Å². The zero-order valence-electron chi connectivity index (χ0n) is 5.06. The summed E-state index contributed by atoms with van der Waals surface area (Å²) in [5, 5.41) is 0. The molecule has 3 heteroatoms. The maximum Gasteiger partial charge on any atom is 0.404 e. The lowest BCUT2D eigenvalue weighted by atomic mass is 10.3. The molecule has 0 saturated carbocycles. The maximum atomic E-state index is 10.0. The van der Waals surface area contributed by atoms with Gasteiger partial charge >= 0.3 is 5.43 Å². The first kappa shape index (κ1) is 8.32. The number of hydrogen-bond donors (Lipinski definition) is 0. The van der Waals surface area contributed by atoms with E-state index in [2.05, 4.69) is 10.7 Å².